The van der Waals surface area contributed by atoms with Gasteiger partial charge in [-0.3, -0.25) is 4.99 Å². The fraction of sp³-hybridized carbons (Fsp3) is 0.944. The fourth-order valence-corrected chi connectivity index (χ4v) is 3.79. The van der Waals surface area contributed by atoms with Gasteiger partial charge in [0.05, 0.1) is 0 Å². The normalized spacial score (nSPS) is 29.9. The van der Waals surface area contributed by atoms with Crippen molar-refractivity contribution in [3.63, 3.8) is 0 Å². The second-order valence-electron chi connectivity index (χ2n) is 8.60. The Kier molecular flexibility index (Phi) is 5.92. The molecule has 0 bridgehead atoms. The molecule has 1 saturated carbocycles. The summed E-state index contributed by atoms with van der Waals surface area (Å²) in [5.74, 6) is 1.88. The van der Waals surface area contributed by atoms with Crippen LogP contribution in [0.15, 0.2) is 4.99 Å². The third-order valence-electron chi connectivity index (χ3n) is 6.35. The van der Waals surface area contributed by atoms with Gasteiger partial charge in [0, 0.05) is 43.2 Å². The van der Waals surface area contributed by atoms with Gasteiger partial charge in [-0.2, -0.15) is 0 Å². The summed E-state index contributed by atoms with van der Waals surface area (Å²) in [6.45, 7) is 17.2. The van der Waals surface area contributed by atoms with Crippen LogP contribution in [0.3, 0.4) is 0 Å². The van der Waals surface area contributed by atoms with Gasteiger partial charge in [-0.15, -0.1) is 24.0 Å². The highest BCUT2D eigenvalue weighted by Crippen LogP contribution is 2.46. The Balaban J connectivity index is 0.00000192. The van der Waals surface area contributed by atoms with Crippen molar-refractivity contribution < 1.29 is 0 Å². The van der Waals surface area contributed by atoms with Gasteiger partial charge in [0.25, 0.3) is 0 Å². The largest absolute Gasteiger partial charge is 0.356 e. The van der Waals surface area contributed by atoms with Crippen LogP contribution in [-0.2, 0) is 0 Å². The molecule has 0 aromatic heterocycles. The highest BCUT2D eigenvalue weighted by atomic mass is 127. The topological polar surface area (TPSA) is 30.9 Å². The van der Waals surface area contributed by atoms with Crippen molar-refractivity contribution >= 4 is 29.9 Å². The fourth-order valence-electron chi connectivity index (χ4n) is 3.79. The van der Waals surface area contributed by atoms with E-state index in [0.717, 1.165) is 37.6 Å². The molecule has 2 saturated heterocycles. The molecule has 3 aliphatic rings. The number of rotatable bonds is 4. The summed E-state index contributed by atoms with van der Waals surface area (Å²) in [7, 11) is 0. The standard InChI is InChI=1S/C18H34N4.HI/c1-6-19-16(22-13-17(2,3)18(22,4)5)20-11-14-9-10-21(12-14)15-7-8-15;/h14-15H,6-13H2,1-5H3,(H,19,20);1H. The smallest absolute Gasteiger partial charge is 0.194 e. The number of halogens is 1. The Morgan fingerprint density at radius 3 is 2.39 bits per heavy atom. The van der Waals surface area contributed by atoms with Crippen LogP contribution < -0.4 is 5.32 Å². The predicted octanol–water partition coefficient (Wildman–Crippen LogP) is 3.17. The van der Waals surface area contributed by atoms with Crippen LogP contribution >= 0.6 is 24.0 Å². The molecule has 1 unspecified atom stereocenters. The minimum absolute atomic E-state index is 0. The van der Waals surface area contributed by atoms with Gasteiger partial charge in [-0.05, 0) is 52.5 Å². The molecule has 0 aromatic rings. The lowest BCUT2D eigenvalue weighted by atomic mass is 9.65. The lowest BCUT2D eigenvalue weighted by Crippen LogP contribution is -2.72. The minimum Gasteiger partial charge on any atom is -0.356 e. The summed E-state index contributed by atoms with van der Waals surface area (Å²) in [5, 5.41) is 3.51. The molecule has 4 nitrogen and oxygen atoms in total. The summed E-state index contributed by atoms with van der Waals surface area (Å²) >= 11 is 0. The molecule has 0 aromatic carbocycles. The summed E-state index contributed by atoms with van der Waals surface area (Å²) in [5.41, 5.74) is 0.545. The van der Waals surface area contributed by atoms with E-state index in [1.54, 1.807) is 0 Å². The zero-order valence-corrected chi connectivity index (χ0v) is 17.9. The Morgan fingerprint density at radius 1 is 1.17 bits per heavy atom. The van der Waals surface area contributed by atoms with E-state index in [4.69, 9.17) is 4.99 Å². The van der Waals surface area contributed by atoms with E-state index in [-0.39, 0.29) is 29.5 Å². The maximum absolute atomic E-state index is 5.00. The van der Waals surface area contributed by atoms with Crippen molar-refractivity contribution in [3.05, 3.63) is 0 Å². The van der Waals surface area contributed by atoms with Crippen molar-refractivity contribution in [2.75, 3.05) is 32.7 Å². The minimum atomic E-state index is 0. The molecule has 134 valence electrons. The quantitative estimate of drug-likeness (QED) is 0.419. The molecule has 2 heterocycles. The van der Waals surface area contributed by atoms with Crippen molar-refractivity contribution in [2.24, 2.45) is 16.3 Å². The van der Waals surface area contributed by atoms with Crippen LogP contribution in [0.1, 0.15) is 53.9 Å². The van der Waals surface area contributed by atoms with Crippen LogP contribution in [0.5, 0.6) is 0 Å². The first-order valence-corrected chi connectivity index (χ1v) is 9.15. The van der Waals surface area contributed by atoms with Crippen LogP contribution in [0.25, 0.3) is 0 Å². The molecule has 2 aliphatic heterocycles. The molecule has 1 aliphatic carbocycles. The summed E-state index contributed by atoms with van der Waals surface area (Å²) < 4.78 is 0. The third-order valence-corrected chi connectivity index (χ3v) is 6.35. The molecule has 0 amide bonds. The Bertz CT molecular complexity index is 442. The number of hydrogen-bond donors (Lipinski definition) is 1. The average molecular weight is 434 g/mol. The monoisotopic (exact) mass is 434 g/mol. The first-order valence-electron chi connectivity index (χ1n) is 9.15. The van der Waals surface area contributed by atoms with Crippen molar-refractivity contribution in [1.29, 1.82) is 0 Å². The van der Waals surface area contributed by atoms with Gasteiger partial charge < -0.3 is 15.1 Å². The van der Waals surface area contributed by atoms with E-state index in [2.05, 4.69) is 49.7 Å². The van der Waals surface area contributed by atoms with Crippen LogP contribution in [0.4, 0.5) is 0 Å². The number of guanidine groups is 1. The van der Waals surface area contributed by atoms with Crippen LogP contribution in [0, 0.1) is 11.3 Å². The zero-order chi connectivity index (χ0) is 16.0. The molecule has 5 heteroatoms. The van der Waals surface area contributed by atoms with Gasteiger partial charge >= 0.3 is 0 Å². The van der Waals surface area contributed by atoms with E-state index in [9.17, 15) is 0 Å². The van der Waals surface area contributed by atoms with Crippen molar-refractivity contribution in [2.45, 2.75) is 65.5 Å². The second kappa shape index (κ2) is 7.06. The first-order chi connectivity index (χ1) is 10.3. The molecule has 3 fully saturated rings. The molecular weight excluding hydrogens is 399 g/mol. The SMILES string of the molecule is CCNC(=NCC1CCN(C2CC2)C1)N1CC(C)(C)C1(C)C.I. The van der Waals surface area contributed by atoms with Gasteiger partial charge in [0.2, 0.25) is 0 Å². The third kappa shape index (κ3) is 3.80. The zero-order valence-electron chi connectivity index (χ0n) is 15.6. The Labute approximate surface area is 159 Å². The maximum Gasteiger partial charge on any atom is 0.194 e. The lowest BCUT2D eigenvalue weighted by molar-refractivity contribution is -0.0668. The van der Waals surface area contributed by atoms with E-state index in [0.29, 0.717) is 5.41 Å². The number of nitrogens with zero attached hydrogens (tertiary/aromatic N) is 3. The van der Waals surface area contributed by atoms with Gasteiger partial charge in [0.1, 0.15) is 0 Å². The van der Waals surface area contributed by atoms with Gasteiger partial charge in [-0.25, -0.2) is 0 Å². The summed E-state index contributed by atoms with van der Waals surface area (Å²) in [6.07, 6.45) is 4.18. The van der Waals surface area contributed by atoms with Gasteiger partial charge in [0.15, 0.2) is 5.96 Å². The molecule has 1 atom stereocenters. The van der Waals surface area contributed by atoms with Crippen molar-refractivity contribution in [3.8, 4) is 0 Å². The van der Waals surface area contributed by atoms with Crippen molar-refractivity contribution in [1.82, 2.24) is 15.1 Å². The number of hydrogen-bond acceptors (Lipinski definition) is 2. The van der Waals surface area contributed by atoms with Crippen LogP contribution in [-0.4, -0.2) is 60.1 Å². The highest BCUT2D eigenvalue weighted by Gasteiger charge is 2.53. The molecular formula is C18H35IN4. The maximum atomic E-state index is 5.00. The Morgan fingerprint density at radius 2 is 1.87 bits per heavy atom. The molecule has 3 rings (SSSR count). The van der Waals surface area contributed by atoms with Gasteiger partial charge in [-0.1, -0.05) is 13.8 Å². The number of nitrogens with one attached hydrogen (secondary N) is 1. The molecule has 0 spiro atoms. The second-order valence-corrected chi connectivity index (χ2v) is 8.60. The van der Waals surface area contributed by atoms with E-state index < -0.39 is 0 Å². The number of aliphatic imine (C=N–C) groups is 1. The van der Waals surface area contributed by atoms with Crippen LogP contribution in [0.2, 0.25) is 0 Å². The number of likely N-dealkylation sites (tertiary alicyclic amines) is 2. The van der Waals surface area contributed by atoms with E-state index >= 15 is 0 Å². The highest BCUT2D eigenvalue weighted by molar-refractivity contribution is 14.0. The molecule has 23 heavy (non-hydrogen) atoms. The first kappa shape index (κ1) is 19.3. The molecule has 1 N–H and O–H groups in total. The van der Waals surface area contributed by atoms with E-state index in [1.807, 2.05) is 0 Å². The predicted molar refractivity (Wildman–Crippen MR) is 109 cm³/mol. The Hall–Kier alpha value is -0.0400. The summed E-state index contributed by atoms with van der Waals surface area (Å²) in [6, 6.07) is 0.914. The lowest BCUT2D eigenvalue weighted by Gasteiger charge is -2.62. The molecule has 0 radical (unpaired) electrons. The van der Waals surface area contributed by atoms with E-state index in [1.165, 1.54) is 32.4 Å². The summed E-state index contributed by atoms with van der Waals surface area (Å²) in [4.78, 5) is 10.1. The average Bonchev–Trinajstić information content (AvgIpc) is 3.20.